The number of benzene rings is 1. The molecule has 9 heteroatoms. The lowest BCUT2D eigenvalue weighted by molar-refractivity contribution is -0.127. The molecule has 1 saturated carbocycles. The summed E-state index contributed by atoms with van der Waals surface area (Å²) in [6.45, 7) is 2.64. The van der Waals surface area contributed by atoms with Gasteiger partial charge in [0, 0.05) is 37.0 Å². The van der Waals surface area contributed by atoms with Crippen molar-refractivity contribution in [3.63, 3.8) is 0 Å². The number of hydrogen-bond acceptors (Lipinski definition) is 6. The van der Waals surface area contributed by atoms with Crippen molar-refractivity contribution >= 4 is 15.9 Å². The van der Waals surface area contributed by atoms with Gasteiger partial charge in [0.15, 0.2) is 0 Å². The average molecular weight is 447 g/mol. The van der Waals surface area contributed by atoms with Gasteiger partial charge in [0.25, 0.3) is 0 Å². The van der Waals surface area contributed by atoms with Crippen LogP contribution in [0, 0.1) is 5.92 Å². The number of sulfonamides is 1. The molecule has 1 aliphatic heterocycles. The predicted molar refractivity (Wildman–Crippen MR) is 116 cm³/mol. The Bertz CT molecular complexity index is 989. The third kappa shape index (κ3) is 4.98. The highest BCUT2D eigenvalue weighted by atomic mass is 32.2. The van der Waals surface area contributed by atoms with E-state index in [9.17, 15) is 13.2 Å². The maximum atomic E-state index is 13.1. The van der Waals surface area contributed by atoms with Crippen LogP contribution >= 0.6 is 0 Å². The molecule has 1 N–H and O–H groups in total. The van der Waals surface area contributed by atoms with Crippen LogP contribution in [0.2, 0.25) is 0 Å². The van der Waals surface area contributed by atoms with Crippen molar-refractivity contribution in [2.45, 2.75) is 69.2 Å². The minimum Gasteiger partial charge on any atom is -0.353 e. The van der Waals surface area contributed by atoms with E-state index in [1.54, 1.807) is 24.3 Å². The topological polar surface area (TPSA) is 105 Å². The van der Waals surface area contributed by atoms with Crippen molar-refractivity contribution in [3.05, 3.63) is 30.2 Å². The van der Waals surface area contributed by atoms with Gasteiger partial charge in [-0.3, -0.25) is 4.79 Å². The number of carbonyl (C=O) groups is 1. The van der Waals surface area contributed by atoms with Crippen LogP contribution in [0.25, 0.3) is 11.4 Å². The SMILES string of the molecule is CCc1nc(-c2ccc(S(=O)(=O)N3CCC(C(=O)NC4CCCCC4)CC3)cc2)no1. The van der Waals surface area contributed by atoms with Gasteiger partial charge in [-0.1, -0.05) is 31.3 Å². The molecule has 1 aliphatic carbocycles. The van der Waals surface area contributed by atoms with Gasteiger partial charge in [-0.25, -0.2) is 8.42 Å². The molecular formula is C22H30N4O4S. The standard InChI is InChI=1S/C22H30N4O4S/c1-2-20-24-21(25-30-20)16-8-10-19(11-9-16)31(28,29)26-14-12-17(13-15-26)22(27)23-18-6-4-3-5-7-18/h8-11,17-18H,2-7,12-15H2,1H3,(H,23,27). The van der Waals surface area contributed by atoms with Crippen LogP contribution in [-0.2, 0) is 21.2 Å². The number of aromatic nitrogens is 2. The van der Waals surface area contributed by atoms with E-state index in [4.69, 9.17) is 4.52 Å². The molecule has 1 saturated heterocycles. The number of carbonyl (C=O) groups excluding carboxylic acids is 1. The Morgan fingerprint density at radius 3 is 2.39 bits per heavy atom. The Labute approximate surface area is 183 Å². The summed E-state index contributed by atoms with van der Waals surface area (Å²) in [4.78, 5) is 17.1. The number of hydrogen-bond donors (Lipinski definition) is 1. The zero-order valence-electron chi connectivity index (χ0n) is 17.9. The maximum Gasteiger partial charge on any atom is 0.243 e. The summed E-state index contributed by atoms with van der Waals surface area (Å²) < 4.78 is 32.7. The second-order valence-corrected chi connectivity index (χ2v) is 10.3. The maximum absolute atomic E-state index is 13.1. The Morgan fingerprint density at radius 1 is 1.10 bits per heavy atom. The number of rotatable bonds is 6. The van der Waals surface area contributed by atoms with Crippen molar-refractivity contribution in [3.8, 4) is 11.4 Å². The van der Waals surface area contributed by atoms with Crippen LogP contribution in [0.4, 0.5) is 0 Å². The molecule has 0 bridgehead atoms. The third-order valence-corrected chi connectivity index (χ3v) is 8.21. The minimum atomic E-state index is -3.60. The highest BCUT2D eigenvalue weighted by Crippen LogP contribution is 2.26. The van der Waals surface area contributed by atoms with Crippen LogP contribution in [0.3, 0.4) is 0 Å². The van der Waals surface area contributed by atoms with Gasteiger partial charge in [0.05, 0.1) is 4.90 Å². The van der Waals surface area contributed by atoms with Crippen LogP contribution in [0.5, 0.6) is 0 Å². The lowest BCUT2D eigenvalue weighted by Gasteiger charge is -2.32. The van der Waals surface area contributed by atoms with Gasteiger partial charge in [0.2, 0.25) is 27.6 Å². The molecule has 4 rings (SSSR count). The van der Waals surface area contributed by atoms with Gasteiger partial charge in [0.1, 0.15) is 0 Å². The van der Waals surface area contributed by atoms with Gasteiger partial charge >= 0.3 is 0 Å². The van der Waals surface area contributed by atoms with Crippen molar-refractivity contribution in [1.29, 1.82) is 0 Å². The van der Waals surface area contributed by atoms with E-state index in [-0.39, 0.29) is 22.8 Å². The smallest absolute Gasteiger partial charge is 0.243 e. The van der Waals surface area contributed by atoms with Crippen molar-refractivity contribution in [2.75, 3.05) is 13.1 Å². The zero-order chi connectivity index (χ0) is 21.8. The van der Waals surface area contributed by atoms with E-state index in [1.807, 2.05) is 6.92 Å². The molecule has 168 valence electrons. The molecule has 0 unspecified atom stereocenters. The Hall–Kier alpha value is -2.26. The van der Waals surface area contributed by atoms with Crippen LogP contribution < -0.4 is 5.32 Å². The predicted octanol–water partition coefficient (Wildman–Crippen LogP) is 3.15. The second kappa shape index (κ2) is 9.48. The van der Waals surface area contributed by atoms with Crippen molar-refractivity contribution in [1.82, 2.24) is 19.8 Å². The number of nitrogens with zero attached hydrogens (tertiary/aromatic N) is 3. The van der Waals surface area contributed by atoms with Gasteiger partial charge in [-0.15, -0.1) is 0 Å². The van der Waals surface area contributed by atoms with Crippen LogP contribution in [0.1, 0.15) is 57.8 Å². The largest absolute Gasteiger partial charge is 0.353 e. The van der Waals surface area contributed by atoms with E-state index in [0.29, 0.717) is 49.6 Å². The monoisotopic (exact) mass is 446 g/mol. The molecular weight excluding hydrogens is 416 g/mol. The fourth-order valence-electron chi connectivity index (χ4n) is 4.37. The van der Waals surface area contributed by atoms with Crippen LogP contribution in [0.15, 0.2) is 33.7 Å². The summed E-state index contributed by atoms with van der Waals surface area (Å²) in [5.41, 5.74) is 0.709. The molecule has 2 aromatic rings. The first-order chi connectivity index (χ1) is 15.0. The van der Waals surface area contributed by atoms with Crippen molar-refractivity contribution in [2.24, 2.45) is 5.92 Å². The van der Waals surface area contributed by atoms with Crippen molar-refractivity contribution < 1.29 is 17.7 Å². The third-order valence-electron chi connectivity index (χ3n) is 6.30. The summed E-state index contributed by atoms with van der Waals surface area (Å²) in [5.74, 6) is 0.967. The lowest BCUT2D eigenvalue weighted by atomic mass is 9.93. The highest BCUT2D eigenvalue weighted by Gasteiger charge is 2.33. The number of piperidine rings is 1. The molecule has 0 spiro atoms. The second-order valence-electron chi connectivity index (χ2n) is 8.41. The summed E-state index contributed by atoms with van der Waals surface area (Å²) in [6, 6.07) is 6.83. The molecule has 1 aromatic carbocycles. The Kier molecular flexibility index (Phi) is 6.71. The average Bonchev–Trinajstić information content (AvgIpc) is 3.29. The molecule has 2 heterocycles. The highest BCUT2D eigenvalue weighted by molar-refractivity contribution is 7.89. The lowest BCUT2D eigenvalue weighted by Crippen LogP contribution is -2.45. The molecule has 0 radical (unpaired) electrons. The van der Waals surface area contributed by atoms with E-state index in [2.05, 4.69) is 15.5 Å². The summed E-state index contributed by atoms with van der Waals surface area (Å²) >= 11 is 0. The van der Waals surface area contributed by atoms with Gasteiger partial charge < -0.3 is 9.84 Å². The minimum absolute atomic E-state index is 0.0832. The zero-order valence-corrected chi connectivity index (χ0v) is 18.7. The molecule has 1 amide bonds. The molecule has 8 nitrogen and oxygen atoms in total. The van der Waals surface area contributed by atoms with E-state index < -0.39 is 10.0 Å². The van der Waals surface area contributed by atoms with E-state index in [1.165, 1.54) is 23.6 Å². The van der Waals surface area contributed by atoms with E-state index in [0.717, 1.165) is 12.8 Å². The molecule has 0 atom stereocenters. The number of nitrogens with one attached hydrogen (secondary N) is 1. The quantitative estimate of drug-likeness (QED) is 0.731. The summed E-state index contributed by atoms with van der Waals surface area (Å²) in [5, 5.41) is 7.10. The fraction of sp³-hybridized carbons (Fsp3) is 0.591. The molecule has 1 aromatic heterocycles. The molecule has 2 fully saturated rings. The fourth-order valence-corrected chi connectivity index (χ4v) is 5.83. The molecule has 31 heavy (non-hydrogen) atoms. The van der Waals surface area contributed by atoms with Gasteiger partial charge in [-0.2, -0.15) is 9.29 Å². The summed E-state index contributed by atoms with van der Waals surface area (Å²) in [6.07, 6.45) is 7.46. The summed E-state index contributed by atoms with van der Waals surface area (Å²) in [7, 11) is -3.60. The first-order valence-electron chi connectivity index (χ1n) is 11.2. The number of amides is 1. The first-order valence-corrected chi connectivity index (χ1v) is 12.6. The van der Waals surface area contributed by atoms with E-state index >= 15 is 0 Å². The first kappa shape index (κ1) is 22.0. The van der Waals surface area contributed by atoms with Crippen LogP contribution in [-0.4, -0.2) is 47.9 Å². The Morgan fingerprint density at radius 2 is 1.77 bits per heavy atom. The Balaban J connectivity index is 1.35. The normalized spacial score (nSPS) is 19.4. The number of aryl methyl sites for hydroxylation is 1. The molecule has 2 aliphatic rings. The van der Waals surface area contributed by atoms with Gasteiger partial charge in [-0.05, 0) is 49.9 Å².